The molecule has 27 heavy (non-hydrogen) atoms. The van der Waals surface area contributed by atoms with Crippen molar-refractivity contribution in [2.75, 3.05) is 18.4 Å². The number of benzene rings is 1. The lowest BCUT2D eigenvalue weighted by Gasteiger charge is -2.21. The standard InChI is InChI=1S/C17H25N5O3S.ClH/c1-12-15(11-19-22(12)17(2,3)4)16(23)21-13-6-5-7-14(10-13)26(24,25)20-9-8-18;/h5-7,10-11,20H,8-9,18H2,1-4H3,(H,21,23);1H. The molecule has 1 aromatic carbocycles. The summed E-state index contributed by atoms with van der Waals surface area (Å²) in [5.74, 6) is -0.345. The maximum atomic E-state index is 12.6. The number of nitrogens with two attached hydrogens (primary N) is 1. The van der Waals surface area contributed by atoms with Crippen LogP contribution in [0.15, 0.2) is 35.4 Å². The Morgan fingerprint density at radius 1 is 1.30 bits per heavy atom. The quantitative estimate of drug-likeness (QED) is 0.665. The van der Waals surface area contributed by atoms with Crippen LogP contribution in [0, 0.1) is 6.92 Å². The van der Waals surface area contributed by atoms with Crippen LogP contribution in [-0.4, -0.2) is 37.2 Å². The van der Waals surface area contributed by atoms with E-state index in [1.54, 1.807) is 16.8 Å². The lowest BCUT2D eigenvalue weighted by atomic mass is 10.1. The van der Waals surface area contributed by atoms with Crippen LogP contribution in [0.2, 0.25) is 0 Å². The number of hydrogen-bond acceptors (Lipinski definition) is 5. The van der Waals surface area contributed by atoms with E-state index in [0.717, 1.165) is 5.69 Å². The Hall–Kier alpha value is -1.94. The highest BCUT2D eigenvalue weighted by Gasteiger charge is 2.22. The van der Waals surface area contributed by atoms with Gasteiger partial charge in [0, 0.05) is 24.5 Å². The van der Waals surface area contributed by atoms with Crippen molar-refractivity contribution in [2.45, 2.75) is 38.1 Å². The molecule has 1 aromatic heterocycles. The minimum atomic E-state index is -3.67. The van der Waals surface area contributed by atoms with E-state index in [0.29, 0.717) is 11.3 Å². The molecule has 0 atom stereocenters. The first-order chi connectivity index (χ1) is 12.1. The van der Waals surface area contributed by atoms with Crippen LogP contribution < -0.4 is 15.8 Å². The van der Waals surface area contributed by atoms with Gasteiger partial charge in [-0.1, -0.05) is 6.07 Å². The lowest BCUT2D eigenvalue weighted by Crippen LogP contribution is -2.29. The van der Waals surface area contributed by atoms with Crippen molar-refractivity contribution >= 4 is 34.0 Å². The van der Waals surface area contributed by atoms with Gasteiger partial charge in [0.05, 0.1) is 22.2 Å². The van der Waals surface area contributed by atoms with Gasteiger partial charge in [0.2, 0.25) is 10.0 Å². The summed E-state index contributed by atoms with van der Waals surface area (Å²) in [5.41, 5.74) is 6.65. The summed E-state index contributed by atoms with van der Waals surface area (Å²) in [6.07, 6.45) is 1.51. The van der Waals surface area contributed by atoms with Crippen LogP contribution >= 0.6 is 12.4 Å². The molecule has 8 nitrogen and oxygen atoms in total. The maximum absolute atomic E-state index is 12.6. The molecule has 10 heteroatoms. The Morgan fingerprint density at radius 3 is 2.52 bits per heavy atom. The van der Waals surface area contributed by atoms with Crippen molar-refractivity contribution in [3.63, 3.8) is 0 Å². The van der Waals surface area contributed by atoms with Gasteiger partial charge in [0.15, 0.2) is 0 Å². The predicted octanol–water partition coefficient (Wildman–Crippen LogP) is 1.86. The third-order valence-corrected chi connectivity index (χ3v) is 5.19. The van der Waals surface area contributed by atoms with Crippen LogP contribution in [0.3, 0.4) is 0 Å². The van der Waals surface area contributed by atoms with Gasteiger partial charge in [-0.2, -0.15) is 5.10 Å². The fourth-order valence-corrected chi connectivity index (χ4v) is 3.62. The van der Waals surface area contributed by atoms with Gasteiger partial charge in [-0.15, -0.1) is 12.4 Å². The average molecular weight is 416 g/mol. The summed E-state index contributed by atoms with van der Waals surface area (Å²) < 4.78 is 28.5. The van der Waals surface area contributed by atoms with Gasteiger partial charge in [0.25, 0.3) is 5.91 Å². The van der Waals surface area contributed by atoms with Gasteiger partial charge in [0.1, 0.15) is 0 Å². The summed E-state index contributed by atoms with van der Waals surface area (Å²) in [5, 5.41) is 7.00. The molecule has 4 N–H and O–H groups in total. The molecule has 0 radical (unpaired) electrons. The van der Waals surface area contributed by atoms with Crippen molar-refractivity contribution in [3.8, 4) is 0 Å². The highest BCUT2D eigenvalue weighted by Crippen LogP contribution is 2.20. The highest BCUT2D eigenvalue weighted by atomic mass is 35.5. The first kappa shape index (κ1) is 23.1. The predicted molar refractivity (Wildman–Crippen MR) is 108 cm³/mol. The molecule has 0 unspecified atom stereocenters. The Kier molecular flexibility index (Phi) is 7.56. The van der Waals surface area contributed by atoms with E-state index in [1.165, 1.54) is 18.3 Å². The molecule has 2 aromatic rings. The second-order valence-electron chi connectivity index (χ2n) is 6.89. The number of amides is 1. The zero-order valence-electron chi connectivity index (χ0n) is 15.8. The Bertz CT molecular complexity index is 904. The minimum absolute atomic E-state index is 0. The molecule has 0 saturated carbocycles. The van der Waals surface area contributed by atoms with Crippen molar-refractivity contribution < 1.29 is 13.2 Å². The van der Waals surface area contributed by atoms with E-state index < -0.39 is 10.0 Å². The van der Waals surface area contributed by atoms with Crippen LogP contribution in [-0.2, 0) is 15.6 Å². The molecular weight excluding hydrogens is 390 g/mol. The zero-order chi connectivity index (χ0) is 19.5. The van der Waals surface area contributed by atoms with E-state index >= 15 is 0 Å². The Morgan fingerprint density at radius 2 is 1.96 bits per heavy atom. The Balaban J connectivity index is 0.00000364. The fourth-order valence-electron chi connectivity index (χ4n) is 2.52. The molecule has 2 rings (SSSR count). The van der Waals surface area contributed by atoms with Crippen LogP contribution in [0.1, 0.15) is 36.8 Å². The molecule has 0 fully saturated rings. The Labute approximate surface area is 166 Å². The second kappa shape index (κ2) is 8.83. The van der Waals surface area contributed by atoms with Gasteiger partial charge in [-0.3, -0.25) is 9.48 Å². The van der Waals surface area contributed by atoms with Gasteiger partial charge in [-0.25, -0.2) is 13.1 Å². The number of aromatic nitrogens is 2. The number of halogens is 1. The number of anilines is 1. The maximum Gasteiger partial charge on any atom is 0.259 e. The lowest BCUT2D eigenvalue weighted by molar-refractivity contribution is 0.102. The third-order valence-electron chi connectivity index (χ3n) is 3.73. The van der Waals surface area contributed by atoms with E-state index in [2.05, 4.69) is 15.1 Å². The minimum Gasteiger partial charge on any atom is -0.329 e. The van der Waals surface area contributed by atoms with Crippen molar-refractivity contribution in [1.82, 2.24) is 14.5 Å². The second-order valence-corrected chi connectivity index (χ2v) is 8.66. The molecule has 0 aliphatic carbocycles. The number of nitrogens with zero attached hydrogens (tertiary/aromatic N) is 2. The van der Waals surface area contributed by atoms with Gasteiger partial charge >= 0.3 is 0 Å². The summed E-state index contributed by atoms with van der Waals surface area (Å²) in [7, 11) is -3.67. The number of carbonyl (C=O) groups is 1. The van der Waals surface area contributed by atoms with E-state index in [-0.39, 0.29) is 41.8 Å². The largest absolute Gasteiger partial charge is 0.329 e. The molecule has 0 bridgehead atoms. The van der Waals surface area contributed by atoms with Crippen molar-refractivity contribution in [2.24, 2.45) is 5.73 Å². The first-order valence-corrected chi connectivity index (χ1v) is 9.71. The topological polar surface area (TPSA) is 119 Å². The zero-order valence-corrected chi connectivity index (χ0v) is 17.4. The third kappa shape index (κ3) is 5.52. The van der Waals surface area contributed by atoms with E-state index in [1.807, 2.05) is 27.7 Å². The monoisotopic (exact) mass is 415 g/mol. The molecule has 0 spiro atoms. The van der Waals surface area contributed by atoms with E-state index in [9.17, 15) is 13.2 Å². The molecule has 1 amide bonds. The smallest absolute Gasteiger partial charge is 0.259 e. The van der Waals surface area contributed by atoms with Crippen molar-refractivity contribution in [1.29, 1.82) is 0 Å². The highest BCUT2D eigenvalue weighted by molar-refractivity contribution is 7.89. The number of rotatable bonds is 6. The van der Waals surface area contributed by atoms with Gasteiger partial charge in [-0.05, 0) is 45.9 Å². The molecule has 150 valence electrons. The summed E-state index contributed by atoms with van der Waals surface area (Å²) >= 11 is 0. The molecule has 1 heterocycles. The number of carbonyl (C=O) groups excluding carboxylic acids is 1. The fraction of sp³-hybridized carbons (Fsp3) is 0.412. The summed E-state index contributed by atoms with van der Waals surface area (Å²) in [6, 6.07) is 6.05. The number of sulfonamides is 1. The molecule has 0 aliphatic heterocycles. The number of nitrogens with one attached hydrogen (secondary N) is 2. The van der Waals surface area contributed by atoms with Crippen molar-refractivity contribution in [3.05, 3.63) is 41.7 Å². The molecular formula is C17H26ClN5O3S. The molecule has 0 saturated heterocycles. The average Bonchev–Trinajstić information content (AvgIpc) is 2.95. The first-order valence-electron chi connectivity index (χ1n) is 8.22. The van der Waals surface area contributed by atoms with Crippen LogP contribution in [0.4, 0.5) is 5.69 Å². The van der Waals surface area contributed by atoms with Gasteiger partial charge < -0.3 is 11.1 Å². The summed E-state index contributed by atoms with van der Waals surface area (Å²) in [6.45, 7) is 8.16. The normalized spacial score (nSPS) is 11.7. The number of hydrogen-bond donors (Lipinski definition) is 3. The summed E-state index contributed by atoms with van der Waals surface area (Å²) in [4.78, 5) is 12.6. The van der Waals surface area contributed by atoms with Crippen LogP contribution in [0.25, 0.3) is 0 Å². The van der Waals surface area contributed by atoms with E-state index in [4.69, 9.17) is 5.73 Å². The van der Waals surface area contributed by atoms with Crippen LogP contribution in [0.5, 0.6) is 0 Å². The SMILES string of the molecule is Cc1c(C(=O)Nc2cccc(S(=O)(=O)NCCN)c2)cnn1C(C)(C)C.Cl. The molecule has 0 aliphatic rings.